The average molecular weight is 218 g/mol. The fourth-order valence-electron chi connectivity index (χ4n) is 1.28. The van der Waals surface area contributed by atoms with Crippen LogP contribution >= 0.6 is 0 Å². The van der Waals surface area contributed by atoms with E-state index < -0.39 is 0 Å². The van der Waals surface area contributed by atoms with Crippen LogP contribution in [0.5, 0.6) is 5.75 Å². The number of carbonyl (C=O) groups excluding carboxylic acids is 1. The van der Waals surface area contributed by atoms with Gasteiger partial charge in [-0.2, -0.15) is 10.3 Å². The Morgan fingerprint density at radius 1 is 1.44 bits per heavy atom. The van der Waals surface area contributed by atoms with E-state index in [9.17, 15) is 4.79 Å². The maximum absolute atomic E-state index is 11.8. The van der Waals surface area contributed by atoms with Gasteiger partial charge in [0, 0.05) is 0 Å². The monoisotopic (exact) mass is 218 g/mol. The van der Waals surface area contributed by atoms with Crippen molar-refractivity contribution in [3.05, 3.63) is 36.0 Å². The summed E-state index contributed by atoms with van der Waals surface area (Å²) in [6.45, 7) is 0. The quantitative estimate of drug-likeness (QED) is 0.807. The molecule has 0 radical (unpaired) electrons. The minimum Gasteiger partial charge on any atom is -0.496 e. The molecule has 2 N–H and O–H groups in total. The van der Waals surface area contributed by atoms with Crippen LogP contribution in [0.15, 0.2) is 30.5 Å². The zero-order valence-electron chi connectivity index (χ0n) is 8.60. The number of nitrogens with zero attached hydrogens (tertiary/aromatic N) is 2. The van der Waals surface area contributed by atoms with E-state index >= 15 is 0 Å². The summed E-state index contributed by atoms with van der Waals surface area (Å²) in [4.78, 5) is 11.8. The number of amides is 1. The fourth-order valence-corrected chi connectivity index (χ4v) is 1.28. The molecule has 0 aliphatic heterocycles. The van der Waals surface area contributed by atoms with Crippen LogP contribution in [-0.2, 0) is 0 Å². The van der Waals surface area contributed by atoms with Gasteiger partial charge in [-0.3, -0.25) is 4.79 Å². The van der Waals surface area contributed by atoms with E-state index in [0.29, 0.717) is 17.1 Å². The SMILES string of the molecule is COc1ccccc1C(=O)Nc1cn[nH]n1. The minimum absolute atomic E-state index is 0.286. The number of hydrogen-bond donors (Lipinski definition) is 2. The van der Waals surface area contributed by atoms with Gasteiger partial charge >= 0.3 is 0 Å². The highest BCUT2D eigenvalue weighted by atomic mass is 16.5. The first-order valence-electron chi connectivity index (χ1n) is 4.61. The molecule has 0 fully saturated rings. The summed E-state index contributed by atoms with van der Waals surface area (Å²) >= 11 is 0. The number of nitrogens with one attached hydrogen (secondary N) is 2. The zero-order valence-corrected chi connectivity index (χ0v) is 8.60. The fraction of sp³-hybridized carbons (Fsp3) is 0.100. The highest BCUT2D eigenvalue weighted by Gasteiger charge is 2.12. The Balaban J connectivity index is 2.21. The van der Waals surface area contributed by atoms with Crippen LogP contribution < -0.4 is 10.1 Å². The first kappa shape index (κ1) is 10.2. The molecule has 0 aliphatic carbocycles. The van der Waals surface area contributed by atoms with E-state index in [1.54, 1.807) is 24.3 Å². The highest BCUT2D eigenvalue weighted by Crippen LogP contribution is 2.18. The lowest BCUT2D eigenvalue weighted by atomic mass is 10.2. The highest BCUT2D eigenvalue weighted by molar-refractivity contribution is 6.05. The van der Waals surface area contributed by atoms with Gasteiger partial charge in [0.2, 0.25) is 0 Å². The second kappa shape index (κ2) is 4.43. The Hall–Kier alpha value is -2.37. The molecule has 6 heteroatoms. The van der Waals surface area contributed by atoms with Gasteiger partial charge in [0.05, 0.1) is 18.9 Å². The maximum Gasteiger partial charge on any atom is 0.260 e. The third-order valence-electron chi connectivity index (χ3n) is 2.01. The summed E-state index contributed by atoms with van der Waals surface area (Å²) in [5.41, 5.74) is 0.452. The van der Waals surface area contributed by atoms with Crippen molar-refractivity contribution in [2.24, 2.45) is 0 Å². The molecule has 82 valence electrons. The number of carbonyl (C=O) groups is 1. The Labute approximate surface area is 91.6 Å². The van der Waals surface area contributed by atoms with Crippen molar-refractivity contribution in [3.63, 3.8) is 0 Å². The number of anilines is 1. The van der Waals surface area contributed by atoms with Crippen molar-refractivity contribution in [1.82, 2.24) is 15.4 Å². The molecule has 2 rings (SSSR count). The van der Waals surface area contributed by atoms with E-state index in [4.69, 9.17) is 4.74 Å². The molecule has 1 amide bonds. The Morgan fingerprint density at radius 3 is 2.94 bits per heavy atom. The van der Waals surface area contributed by atoms with Crippen LogP contribution in [-0.4, -0.2) is 28.4 Å². The second-order valence-electron chi connectivity index (χ2n) is 3.01. The summed E-state index contributed by atoms with van der Waals surface area (Å²) in [7, 11) is 1.52. The van der Waals surface area contributed by atoms with E-state index in [1.165, 1.54) is 13.3 Å². The largest absolute Gasteiger partial charge is 0.496 e. The number of H-pyrrole nitrogens is 1. The van der Waals surface area contributed by atoms with Gasteiger partial charge in [0.1, 0.15) is 5.75 Å². The van der Waals surface area contributed by atoms with Gasteiger partial charge < -0.3 is 10.1 Å². The summed E-state index contributed by atoms with van der Waals surface area (Å²) < 4.78 is 5.08. The third kappa shape index (κ3) is 2.00. The maximum atomic E-state index is 11.8. The van der Waals surface area contributed by atoms with E-state index in [2.05, 4.69) is 20.7 Å². The minimum atomic E-state index is -0.286. The Kier molecular flexibility index (Phi) is 2.81. The van der Waals surface area contributed by atoms with Gasteiger partial charge in [0.25, 0.3) is 5.91 Å². The number of aromatic amines is 1. The molecular weight excluding hydrogens is 208 g/mol. The molecular formula is C10H10N4O2. The smallest absolute Gasteiger partial charge is 0.260 e. The predicted octanol–water partition coefficient (Wildman–Crippen LogP) is 1.07. The van der Waals surface area contributed by atoms with E-state index in [1.807, 2.05) is 0 Å². The summed E-state index contributed by atoms with van der Waals surface area (Å²) in [5, 5.41) is 12.3. The van der Waals surface area contributed by atoms with Crippen LogP contribution in [0.25, 0.3) is 0 Å². The lowest BCUT2D eigenvalue weighted by Crippen LogP contribution is -2.13. The lowest BCUT2D eigenvalue weighted by Gasteiger charge is -2.06. The van der Waals surface area contributed by atoms with Gasteiger partial charge in [-0.05, 0) is 12.1 Å². The number of hydrogen-bond acceptors (Lipinski definition) is 4. The Bertz CT molecular complexity index is 481. The van der Waals surface area contributed by atoms with Crippen molar-refractivity contribution >= 4 is 11.7 Å². The molecule has 0 saturated carbocycles. The van der Waals surface area contributed by atoms with Gasteiger partial charge in [-0.25, -0.2) is 0 Å². The standard InChI is InChI=1S/C10H10N4O2/c1-16-8-5-3-2-4-7(8)10(15)12-9-6-11-14-13-9/h2-6H,1H3,(H2,11,12,13,14,15). The molecule has 6 nitrogen and oxygen atoms in total. The summed E-state index contributed by atoms with van der Waals surface area (Å²) in [6.07, 6.45) is 1.42. The number of benzene rings is 1. The molecule has 0 saturated heterocycles. The van der Waals surface area contributed by atoms with Crippen molar-refractivity contribution in [1.29, 1.82) is 0 Å². The molecule has 1 aromatic heterocycles. The molecule has 0 atom stereocenters. The third-order valence-corrected chi connectivity index (χ3v) is 2.01. The molecule has 1 heterocycles. The number of aromatic nitrogens is 3. The van der Waals surface area contributed by atoms with Gasteiger partial charge in [-0.1, -0.05) is 12.1 Å². The first-order valence-corrected chi connectivity index (χ1v) is 4.61. The van der Waals surface area contributed by atoms with Crippen LogP contribution in [0.1, 0.15) is 10.4 Å². The molecule has 0 aliphatic rings. The van der Waals surface area contributed by atoms with Gasteiger partial charge in [-0.15, -0.1) is 5.10 Å². The molecule has 2 aromatic rings. The van der Waals surface area contributed by atoms with E-state index in [0.717, 1.165) is 0 Å². The molecule has 0 unspecified atom stereocenters. The van der Waals surface area contributed by atoms with Crippen molar-refractivity contribution in [3.8, 4) is 5.75 Å². The van der Waals surface area contributed by atoms with E-state index in [-0.39, 0.29) is 5.91 Å². The van der Waals surface area contributed by atoms with Crippen LogP contribution in [0, 0.1) is 0 Å². The number of para-hydroxylation sites is 1. The van der Waals surface area contributed by atoms with Crippen LogP contribution in [0.3, 0.4) is 0 Å². The van der Waals surface area contributed by atoms with Gasteiger partial charge in [0.15, 0.2) is 5.82 Å². The number of rotatable bonds is 3. The number of ether oxygens (including phenoxy) is 1. The molecule has 16 heavy (non-hydrogen) atoms. The van der Waals surface area contributed by atoms with Crippen molar-refractivity contribution in [2.75, 3.05) is 12.4 Å². The normalized spacial score (nSPS) is 9.81. The van der Waals surface area contributed by atoms with Crippen LogP contribution in [0.2, 0.25) is 0 Å². The summed E-state index contributed by atoms with van der Waals surface area (Å²) in [5.74, 6) is 0.603. The molecule has 1 aromatic carbocycles. The molecule has 0 spiro atoms. The first-order chi connectivity index (χ1) is 7.81. The van der Waals surface area contributed by atoms with Crippen LogP contribution in [0.4, 0.5) is 5.82 Å². The summed E-state index contributed by atoms with van der Waals surface area (Å²) in [6, 6.07) is 6.96. The second-order valence-corrected chi connectivity index (χ2v) is 3.01. The van der Waals surface area contributed by atoms with Crippen molar-refractivity contribution < 1.29 is 9.53 Å². The predicted molar refractivity (Wildman–Crippen MR) is 57.3 cm³/mol. The topological polar surface area (TPSA) is 79.9 Å². The Morgan fingerprint density at radius 2 is 2.25 bits per heavy atom. The number of methoxy groups -OCH3 is 1. The molecule has 0 bridgehead atoms. The lowest BCUT2D eigenvalue weighted by molar-refractivity contribution is 0.102. The zero-order chi connectivity index (χ0) is 11.4. The average Bonchev–Trinajstić information content (AvgIpc) is 2.81. The van der Waals surface area contributed by atoms with Crippen molar-refractivity contribution in [2.45, 2.75) is 0 Å².